The molecular formula is C14H20N2. The van der Waals surface area contributed by atoms with Crippen LogP contribution < -0.4 is 0 Å². The van der Waals surface area contributed by atoms with Gasteiger partial charge in [-0.3, -0.25) is 9.98 Å². The van der Waals surface area contributed by atoms with Crippen molar-refractivity contribution in [2.75, 3.05) is 13.1 Å². The predicted molar refractivity (Wildman–Crippen MR) is 70.6 cm³/mol. The molecule has 0 spiro atoms. The first-order valence-corrected chi connectivity index (χ1v) is 6.09. The minimum atomic E-state index is 0.912. The Kier molecular flexibility index (Phi) is 3.70. The fraction of sp³-hybridized carbons (Fsp3) is 0.571. The van der Waals surface area contributed by atoms with E-state index < -0.39 is 0 Å². The van der Waals surface area contributed by atoms with Gasteiger partial charge in [0.2, 0.25) is 0 Å². The molecule has 2 heterocycles. The average molecular weight is 216 g/mol. The van der Waals surface area contributed by atoms with Gasteiger partial charge in [-0.2, -0.15) is 0 Å². The summed E-state index contributed by atoms with van der Waals surface area (Å²) in [5.74, 6) is 0. The standard InChI is InChI=1S/C14H20N2/c1-11-9-15-7-5-13(11)3-4-14-6-8-16-10-12(14)2/h7-8H,3-6,9-10H2,1-2H3. The van der Waals surface area contributed by atoms with Crippen molar-refractivity contribution >= 4 is 12.4 Å². The smallest absolute Gasteiger partial charge is 0.0595 e. The summed E-state index contributed by atoms with van der Waals surface area (Å²) in [4.78, 5) is 8.60. The Morgan fingerprint density at radius 1 is 0.875 bits per heavy atom. The lowest BCUT2D eigenvalue weighted by molar-refractivity contribution is 0.835. The van der Waals surface area contributed by atoms with E-state index in [1.807, 2.05) is 0 Å². The molecule has 0 aromatic carbocycles. The highest BCUT2D eigenvalue weighted by atomic mass is 14.7. The Morgan fingerprint density at radius 2 is 1.31 bits per heavy atom. The topological polar surface area (TPSA) is 24.7 Å². The molecule has 2 heteroatoms. The van der Waals surface area contributed by atoms with E-state index in [1.54, 1.807) is 11.1 Å². The zero-order valence-electron chi connectivity index (χ0n) is 10.3. The zero-order chi connectivity index (χ0) is 11.4. The van der Waals surface area contributed by atoms with Crippen LogP contribution in [0.5, 0.6) is 0 Å². The van der Waals surface area contributed by atoms with E-state index in [0.29, 0.717) is 0 Å². The Hall–Kier alpha value is -1.18. The maximum absolute atomic E-state index is 4.30. The summed E-state index contributed by atoms with van der Waals surface area (Å²) < 4.78 is 0. The summed E-state index contributed by atoms with van der Waals surface area (Å²) in [5, 5.41) is 0. The van der Waals surface area contributed by atoms with E-state index in [-0.39, 0.29) is 0 Å². The summed E-state index contributed by atoms with van der Waals surface area (Å²) in [6.45, 7) is 6.26. The molecule has 2 rings (SSSR count). The van der Waals surface area contributed by atoms with Crippen LogP contribution in [0.1, 0.15) is 39.5 Å². The minimum absolute atomic E-state index is 0.912. The molecule has 0 atom stereocenters. The molecule has 0 aromatic rings. The van der Waals surface area contributed by atoms with E-state index in [4.69, 9.17) is 0 Å². The minimum Gasteiger partial charge on any atom is -0.293 e. The number of allylic oxidation sites excluding steroid dienone is 2. The van der Waals surface area contributed by atoms with E-state index in [1.165, 1.54) is 24.0 Å². The lowest BCUT2D eigenvalue weighted by atomic mass is 9.93. The van der Waals surface area contributed by atoms with Crippen LogP contribution in [0.15, 0.2) is 32.3 Å². The monoisotopic (exact) mass is 216 g/mol. The Morgan fingerprint density at radius 3 is 1.69 bits per heavy atom. The molecule has 86 valence electrons. The summed E-state index contributed by atoms with van der Waals surface area (Å²) >= 11 is 0. The summed E-state index contributed by atoms with van der Waals surface area (Å²) in [7, 11) is 0. The summed E-state index contributed by atoms with van der Waals surface area (Å²) in [6.07, 6.45) is 8.66. The van der Waals surface area contributed by atoms with Crippen LogP contribution in [-0.4, -0.2) is 25.5 Å². The second-order valence-corrected chi connectivity index (χ2v) is 4.72. The van der Waals surface area contributed by atoms with Crippen LogP contribution in [0.25, 0.3) is 0 Å². The van der Waals surface area contributed by atoms with Crippen molar-refractivity contribution in [1.29, 1.82) is 0 Å². The van der Waals surface area contributed by atoms with Crippen LogP contribution in [0.4, 0.5) is 0 Å². The highest BCUT2D eigenvalue weighted by Gasteiger charge is 2.09. The number of hydrogen-bond acceptors (Lipinski definition) is 2. The van der Waals surface area contributed by atoms with Crippen molar-refractivity contribution in [2.45, 2.75) is 39.5 Å². The second kappa shape index (κ2) is 5.24. The van der Waals surface area contributed by atoms with E-state index in [9.17, 15) is 0 Å². The number of hydrogen-bond donors (Lipinski definition) is 0. The van der Waals surface area contributed by atoms with Gasteiger partial charge in [0.15, 0.2) is 0 Å². The molecule has 0 saturated heterocycles. The molecule has 0 aromatic heterocycles. The molecule has 0 saturated carbocycles. The fourth-order valence-corrected chi connectivity index (χ4v) is 2.26. The highest BCUT2D eigenvalue weighted by molar-refractivity contribution is 5.65. The van der Waals surface area contributed by atoms with Gasteiger partial charge in [0.25, 0.3) is 0 Å². The molecular weight excluding hydrogens is 196 g/mol. The van der Waals surface area contributed by atoms with Crippen molar-refractivity contribution in [2.24, 2.45) is 9.98 Å². The molecule has 0 radical (unpaired) electrons. The molecule has 2 nitrogen and oxygen atoms in total. The van der Waals surface area contributed by atoms with E-state index in [0.717, 1.165) is 25.9 Å². The Balaban J connectivity index is 1.92. The van der Waals surface area contributed by atoms with Gasteiger partial charge >= 0.3 is 0 Å². The number of nitrogens with zero attached hydrogens (tertiary/aromatic N) is 2. The van der Waals surface area contributed by atoms with Crippen LogP contribution in [0.2, 0.25) is 0 Å². The van der Waals surface area contributed by atoms with Gasteiger partial charge in [0.1, 0.15) is 0 Å². The first kappa shape index (κ1) is 11.3. The van der Waals surface area contributed by atoms with Crippen LogP contribution in [-0.2, 0) is 0 Å². The van der Waals surface area contributed by atoms with Gasteiger partial charge in [0.05, 0.1) is 13.1 Å². The van der Waals surface area contributed by atoms with Crippen molar-refractivity contribution in [1.82, 2.24) is 0 Å². The summed E-state index contributed by atoms with van der Waals surface area (Å²) in [6, 6.07) is 0. The third-order valence-electron chi connectivity index (χ3n) is 3.53. The van der Waals surface area contributed by atoms with Gasteiger partial charge < -0.3 is 0 Å². The first-order valence-electron chi connectivity index (χ1n) is 6.09. The highest BCUT2D eigenvalue weighted by Crippen LogP contribution is 2.24. The molecule has 0 fully saturated rings. The van der Waals surface area contributed by atoms with Gasteiger partial charge in [-0.1, -0.05) is 22.3 Å². The molecule has 0 aliphatic carbocycles. The molecule has 0 unspecified atom stereocenters. The SMILES string of the molecule is CC1=C(CCC2=C(C)CN=CC2)CC=NC1. The largest absolute Gasteiger partial charge is 0.293 e. The average Bonchev–Trinajstić information content (AvgIpc) is 2.30. The number of aliphatic imine (C=N–C) groups is 2. The molecule has 0 N–H and O–H groups in total. The van der Waals surface area contributed by atoms with Crippen LogP contribution >= 0.6 is 0 Å². The van der Waals surface area contributed by atoms with Gasteiger partial charge in [0, 0.05) is 25.3 Å². The molecule has 0 bridgehead atoms. The number of rotatable bonds is 3. The molecule has 2 aliphatic heterocycles. The van der Waals surface area contributed by atoms with Crippen molar-refractivity contribution in [3.8, 4) is 0 Å². The third-order valence-corrected chi connectivity index (χ3v) is 3.53. The van der Waals surface area contributed by atoms with Gasteiger partial charge in [-0.25, -0.2) is 0 Å². The second-order valence-electron chi connectivity index (χ2n) is 4.72. The predicted octanol–water partition coefficient (Wildman–Crippen LogP) is 3.35. The Labute approximate surface area is 97.9 Å². The first-order chi connectivity index (χ1) is 7.77. The fourth-order valence-electron chi connectivity index (χ4n) is 2.26. The molecule has 16 heavy (non-hydrogen) atoms. The maximum atomic E-state index is 4.30. The molecule has 2 aliphatic rings. The Bertz CT molecular complexity index is 346. The maximum Gasteiger partial charge on any atom is 0.0595 e. The van der Waals surface area contributed by atoms with Crippen molar-refractivity contribution in [3.63, 3.8) is 0 Å². The van der Waals surface area contributed by atoms with Crippen LogP contribution in [0.3, 0.4) is 0 Å². The van der Waals surface area contributed by atoms with E-state index >= 15 is 0 Å². The van der Waals surface area contributed by atoms with Crippen LogP contribution in [0, 0.1) is 0 Å². The normalized spacial score (nSPS) is 20.9. The van der Waals surface area contributed by atoms with Gasteiger partial charge in [-0.15, -0.1) is 0 Å². The number of dihydropyridines is 2. The summed E-state index contributed by atoms with van der Waals surface area (Å²) in [5.41, 5.74) is 6.14. The third kappa shape index (κ3) is 2.69. The quantitative estimate of drug-likeness (QED) is 0.646. The van der Waals surface area contributed by atoms with Gasteiger partial charge in [-0.05, 0) is 26.7 Å². The van der Waals surface area contributed by atoms with Crippen molar-refractivity contribution in [3.05, 3.63) is 22.3 Å². The van der Waals surface area contributed by atoms with E-state index in [2.05, 4.69) is 36.3 Å². The molecule has 0 amide bonds. The van der Waals surface area contributed by atoms with Crippen molar-refractivity contribution < 1.29 is 0 Å². The lowest BCUT2D eigenvalue weighted by Gasteiger charge is -2.16. The lowest BCUT2D eigenvalue weighted by Crippen LogP contribution is -2.04. The zero-order valence-corrected chi connectivity index (χ0v) is 10.3.